The van der Waals surface area contributed by atoms with Crippen LogP contribution in [0.2, 0.25) is 0 Å². The van der Waals surface area contributed by atoms with Gasteiger partial charge in [-0.25, -0.2) is 0 Å². The fourth-order valence-corrected chi connectivity index (χ4v) is 1.48. The van der Waals surface area contributed by atoms with Gasteiger partial charge < -0.3 is 15.2 Å². The Bertz CT molecular complexity index is 510. The van der Waals surface area contributed by atoms with Crippen LogP contribution in [0, 0.1) is 0 Å². The number of nitrogens with two attached hydrogens (primary N) is 1. The molecule has 0 unspecified atom stereocenters. The number of nitrogens with zero attached hydrogens (tertiary/aromatic N) is 3. The zero-order valence-electron chi connectivity index (χ0n) is 9.75. The van der Waals surface area contributed by atoms with E-state index < -0.39 is 0 Å². The van der Waals surface area contributed by atoms with E-state index in [4.69, 9.17) is 15.2 Å². The molecule has 2 N–H and O–H groups in total. The Morgan fingerprint density at radius 3 is 2.82 bits per heavy atom. The van der Waals surface area contributed by atoms with E-state index >= 15 is 0 Å². The molecule has 0 aliphatic heterocycles. The molecule has 1 heterocycles. The maximum atomic E-state index is 5.78. The quantitative estimate of drug-likeness (QED) is 0.861. The summed E-state index contributed by atoms with van der Waals surface area (Å²) in [5, 5.41) is 4.16. The molecule has 0 saturated heterocycles. The SMILES string of the molecule is CCOc1nc(N)n(-c2ccccc2OC)n1. The van der Waals surface area contributed by atoms with Crippen LogP contribution in [0.25, 0.3) is 5.69 Å². The molecule has 6 heteroatoms. The van der Waals surface area contributed by atoms with Crippen LogP contribution in [0.15, 0.2) is 24.3 Å². The molecule has 2 rings (SSSR count). The number of benzene rings is 1. The van der Waals surface area contributed by atoms with Gasteiger partial charge in [-0.15, -0.1) is 5.10 Å². The molecule has 0 aliphatic carbocycles. The average molecular weight is 234 g/mol. The van der Waals surface area contributed by atoms with E-state index in [2.05, 4.69) is 10.1 Å². The van der Waals surface area contributed by atoms with Crippen LogP contribution in [0.4, 0.5) is 5.95 Å². The van der Waals surface area contributed by atoms with Crippen molar-refractivity contribution in [3.05, 3.63) is 24.3 Å². The maximum Gasteiger partial charge on any atom is 0.337 e. The Labute approximate surface area is 99.0 Å². The van der Waals surface area contributed by atoms with Crippen LogP contribution in [0.1, 0.15) is 6.92 Å². The molecule has 17 heavy (non-hydrogen) atoms. The van der Waals surface area contributed by atoms with E-state index in [1.54, 1.807) is 7.11 Å². The number of hydrogen-bond donors (Lipinski definition) is 1. The van der Waals surface area contributed by atoms with E-state index in [0.29, 0.717) is 12.4 Å². The lowest BCUT2D eigenvalue weighted by molar-refractivity contribution is 0.312. The number of aromatic nitrogens is 3. The molecule has 0 fully saturated rings. The number of anilines is 1. The van der Waals surface area contributed by atoms with Gasteiger partial charge in [-0.3, -0.25) is 0 Å². The van der Waals surface area contributed by atoms with E-state index in [9.17, 15) is 0 Å². The average Bonchev–Trinajstić information content (AvgIpc) is 2.70. The molecule has 0 radical (unpaired) electrons. The molecule has 0 bridgehead atoms. The largest absolute Gasteiger partial charge is 0.494 e. The highest BCUT2D eigenvalue weighted by atomic mass is 16.5. The van der Waals surface area contributed by atoms with Gasteiger partial charge in [-0.1, -0.05) is 12.1 Å². The molecular weight excluding hydrogens is 220 g/mol. The highest BCUT2D eigenvalue weighted by Gasteiger charge is 2.12. The third-order valence-corrected chi connectivity index (χ3v) is 2.20. The van der Waals surface area contributed by atoms with Crippen LogP contribution in [-0.4, -0.2) is 28.5 Å². The third-order valence-electron chi connectivity index (χ3n) is 2.20. The molecule has 0 saturated carbocycles. The molecule has 6 nitrogen and oxygen atoms in total. The van der Waals surface area contributed by atoms with Crippen molar-refractivity contribution in [2.24, 2.45) is 0 Å². The van der Waals surface area contributed by atoms with Crippen molar-refractivity contribution in [1.29, 1.82) is 0 Å². The number of ether oxygens (including phenoxy) is 2. The predicted molar refractivity (Wildman–Crippen MR) is 63.5 cm³/mol. The van der Waals surface area contributed by atoms with Crippen molar-refractivity contribution in [2.45, 2.75) is 6.92 Å². The lowest BCUT2D eigenvalue weighted by Crippen LogP contribution is -2.04. The summed E-state index contributed by atoms with van der Waals surface area (Å²) in [4.78, 5) is 4.00. The Kier molecular flexibility index (Phi) is 3.13. The summed E-state index contributed by atoms with van der Waals surface area (Å²) in [7, 11) is 1.59. The topological polar surface area (TPSA) is 75.2 Å². The normalized spacial score (nSPS) is 10.2. The summed E-state index contributed by atoms with van der Waals surface area (Å²) in [6.07, 6.45) is 0. The van der Waals surface area contributed by atoms with Gasteiger partial charge in [0.1, 0.15) is 11.4 Å². The molecule has 0 aliphatic rings. The monoisotopic (exact) mass is 234 g/mol. The van der Waals surface area contributed by atoms with Gasteiger partial charge in [-0.05, 0) is 19.1 Å². The maximum absolute atomic E-state index is 5.78. The van der Waals surface area contributed by atoms with Crippen LogP contribution in [-0.2, 0) is 0 Å². The molecule has 1 aromatic heterocycles. The highest BCUT2D eigenvalue weighted by molar-refractivity contribution is 5.49. The Hall–Kier alpha value is -2.24. The van der Waals surface area contributed by atoms with Gasteiger partial charge in [0, 0.05) is 0 Å². The van der Waals surface area contributed by atoms with Gasteiger partial charge in [-0.2, -0.15) is 9.67 Å². The van der Waals surface area contributed by atoms with Gasteiger partial charge >= 0.3 is 6.01 Å². The molecular formula is C11H14N4O2. The molecule has 0 atom stereocenters. The van der Waals surface area contributed by atoms with Crippen molar-refractivity contribution in [3.63, 3.8) is 0 Å². The van der Waals surface area contributed by atoms with Crippen molar-refractivity contribution in [1.82, 2.24) is 14.8 Å². The zero-order chi connectivity index (χ0) is 12.3. The molecule has 2 aromatic rings. The summed E-state index contributed by atoms with van der Waals surface area (Å²) in [5.41, 5.74) is 6.51. The van der Waals surface area contributed by atoms with Crippen LogP contribution >= 0.6 is 0 Å². The molecule has 1 aromatic carbocycles. The first-order chi connectivity index (χ1) is 8.26. The fourth-order valence-electron chi connectivity index (χ4n) is 1.48. The van der Waals surface area contributed by atoms with Gasteiger partial charge in [0.25, 0.3) is 0 Å². The summed E-state index contributed by atoms with van der Waals surface area (Å²) in [6, 6.07) is 7.69. The first-order valence-electron chi connectivity index (χ1n) is 5.25. The van der Waals surface area contributed by atoms with E-state index in [0.717, 1.165) is 5.69 Å². The minimum atomic E-state index is 0.260. The first-order valence-corrected chi connectivity index (χ1v) is 5.25. The van der Waals surface area contributed by atoms with Gasteiger partial charge in [0.15, 0.2) is 0 Å². The Balaban J connectivity index is 2.45. The summed E-state index contributed by atoms with van der Waals surface area (Å²) in [5.74, 6) is 0.935. The molecule has 90 valence electrons. The minimum absolute atomic E-state index is 0.260. The number of rotatable bonds is 4. The van der Waals surface area contributed by atoms with Crippen molar-refractivity contribution in [3.8, 4) is 17.4 Å². The van der Waals surface area contributed by atoms with Gasteiger partial charge in [0.2, 0.25) is 5.95 Å². The second-order valence-electron chi connectivity index (χ2n) is 3.27. The summed E-state index contributed by atoms with van der Waals surface area (Å²) in [6.45, 7) is 2.36. The van der Waals surface area contributed by atoms with Crippen LogP contribution in [0.3, 0.4) is 0 Å². The number of hydrogen-bond acceptors (Lipinski definition) is 5. The third kappa shape index (κ3) is 2.15. The smallest absolute Gasteiger partial charge is 0.337 e. The predicted octanol–water partition coefficient (Wildman–Crippen LogP) is 1.26. The lowest BCUT2D eigenvalue weighted by atomic mass is 10.3. The number of methoxy groups -OCH3 is 1. The number of para-hydroxylation sites is 2. The van der Waals surface area contributed by atoms with Crippen molar-refractivity contribution in [2.75, 3.05) is 19.5 Å². The van der Waals surface area contributed by atoms with Crippen molar-refractivity contribution < 1.29 is 9.47 Å². The lowest BCUT2D eigenvalue weighted by Gasteiger charge is -2.07. The second kappa shape index (κ2) is 4.73. The van der Waals surface area contributed by atoms with Crippen LogP contribution < -0.4 is 15.2 Å². The standard InChI is InChI=1S/C11H14N4O2/c1-3-17-11-13-10(12)15(14-11)8-6-4-5-7-9(8)16-2/h4-7H,3H2,1-2H3,(H2,12,13,14). The first kappa shape index (κ1) is 11.3. The molecule has 0 spiro atoms. The van der Waals surface area contributed by atoms with E-state index in [-0.39, 0.29) is 12.0 Å². The summed E-state index contributed by atoms with van der Waals surface area (Å²) < 4.78 is 11.9. The van der Waals surface area contributed by atoms with Crippen molar-refractivity contribution >= 4 is 5.95 Å². The molecule has 0 amide bonds. The Morgan fingerprint density at radius 2 is 2.12 bits per heavy atom. The second-order valence-corrected chi connectivity index (χ2v) is 3.27. The number of nitrogen functional groups attached to an aromatic ring is 1. The van der Waals surface area contributed by atoms with Gasteiger partial charge in [0.05, 0.1) is 13.7 Å². The van der Waals surface area contributed by atoms with E-state index in [1.165, 1.54) is 4.68 Å². The summed E-state index contributed by atoms with van der Waals surface area (Å²) >= 11 is 0. The van der Waals surface area contributed by atoms with Crippen LogP contribution in [0.5, 0.6) is 11.8 Å². The fraction of sp³-hybridized carbons (Fsp3) is 0.273. The minimum Gasteiger partial charge on any atom is -0.494 e. The highest BCUT2D eigenvalue weighted by Crippen LogP contribution is 2.24. The van der Waals surface area contributed by atoms with E-state index in [1.807, 2.05) is 31.2 Å². The zero-order valence-corrected chi connectivity index (χ0v) is 9.75. The Morgan fingerprint density at radius 1 is 1.35 bits per heavy atom.